The van der Waals surface area contributed by atoms with Crippen LogP contribution in [0.1, 0.15) is 5.56 Å². The van der Waals surface area contributed by atoms with E-state index in [1.165, 1.54) is 17.0 Å². The van der Waals surface area contributed by atoms with Gasteiger partial charge in [-0.05, 0) is 43.9 Å². The minimum Gasteiger partial charge on any atom is -0.306 e. The molecule has 0 spiro atoms. The molecule has 0 aromatic heterocycles. The lowest BCUT2D eigenvalue weighted by atomic mass is 10.2. The maximum atomic E-state index is 13.1. The van der Waals surface area contributed by atoms with Crippen LogP contribution in [0, 0.1) is 5.82 Å². The number of thioether (sulfide) groups is 1. The van der Waals surface area contributed by atoms with Crippen LogP contribution in [0.4, 0.5) is 4.39 Å². The molecule has 0 bridgehead atoms. The summed E-state index contributed by atoms with van der Waals surface area (Å²) in [5, 5.41) is 0. The Hall–Kier alpha value is -1.29. The van der Waals surface area contributed by atoms with E-state index in [1.54, 1.807) is 11.8 Å². The fraction of sp³-hybridized carbons (Fsp3) is 0.176. The molecule has 0 unspecified atom stereocenters. The van der Waals surface area contributed by atoms with Crippen molar-refractivity contribution in [2.45, 2.75) is 4.90 Å². The highest BCUT2D eigenvalue weighted by molar-refractivity contribution is 8.08. The van der Waals surface area contributed by atoms with E-state index in [2.05, 4.69) is 23.1 Å². The molecule has 21 heavy (non-hydrogen) atoms. The zero-order valence-electron chi connectivity index (χ0n) is 12.1. The zero-order valence-corrected chi connectivity index (χ0v) is 13.8. The molecule has 0 heterocycles. The Balaban J connectivity index is 0.00000220. The van der Waals surface area contributed by atoms with Crippen molar-refractivity contribution in [1.82, 2.24) is 4.90 Å². The predicted molar refractivity (Wildman–Crippen MR) is 92.5 cm³/mol. The van der Waals surface area contributed by atoms with Crippen LogP contribution < -0.4 is 0 Å². The first-order valence-corrected chi connectivity index (χ1v) is 7.30. The topological polar surface area (TPSA) is 3.24 Å². The van der Waals surface area contributed by atoms with Gasteiger partial charge in [0, 0.05) is 16.3 Å². The minimum atomic E-state index is -0.203. The lowest BCUT2D eigenvalue weighted by molar-refractivity contribution is 0.457. The molecule has 2 rings (SSSR count). The molecule has 0 aliphatic rings. The first-order chi connectivity index (χ1) is 9.65. The number of rotatable bonds is 5. The van der Waals surface area contributed by atoms with Gasteiger partial charge in [-0.1, -0.05) is 48.2 Å². The smallest absolute Gasteiger partial charge is 0.123 e. The van der Waals surface area contributed by atoms with Gasteiger partial charge in [-0.2, -0.15) is 0 Å². The third-order valence-corrected chi connectivity index (χ3v) is 3.87. The second kappa shape index (κ2) is 8.88. The van der Waals surface area contributed by atoms with Gasteiger partial charge in [0.2, 0.25) is 0 Å². The summed E-state index contributed by atoms with van der Waals surface area (Å²) in [7, 11) is 4.07. The molecule has 0 fully saturated rings. The highest BCUT2D eigenvalue weighted by atomic mass is 35.5. The second-order valence-corrected chi connectivity index (χ2v) is 5.87. The van der Waals surface area contributed by atoms with Gasteiger partial charge in [0.25, 0.3) is 0 Å². The number of hydrogen-bond acceptors (Lipinski definition) is 2. The first-order valence-electron chi connectivity index (χ1n) is 6.49. The molecular weight excluding hydrogens is 305 g/mol. The molecule has 0 N–H and O–H groups in total. The SMILES string of the molecule is CN(C)CC=C(Sc1ccccc1)c1ccc(F)cc1.Cl. The molecule has 0 radical (unpaired) electrons. The molecule has 4 heteroatoms. The van der Waals surface area contributed by atoms with Crippen LogP contribution in [0.3, 0.4) is 0 Å². The van der Waals surface area contributed by atoms with E-state index >= 15 is 0 Å². The summed E-state index contributed by atoms with van der Waals surface area (Å²) in [6.45, 7) is 0.854. The summed E-state index contributed by atoms with van der Waals surface area (Å²) in [6.07, 6.45) is 2.17. The van der Waals surface area contributed by atoms with E-state index in [-0.39, 0.29) is 18.2 Å². The molecule has 0 aliphatic carbocycles. The molecule has 2 aromatic rings. The monoisotopic (exact) mass is 323 g/mol. The largest absolute Gasteiger partial charge is 0.306 e. The van der Waals surface area contributed by atoms with E-state index < -0.39 is 0 Å². The Morgan fingerprint density at radius 3 is 2.24 bits per heavy atom. The van der Waals surface area contributed by atoms with Crippen molar-refractivity contribution < 1.29 is 4.39 Å². The van der Waals surface area contributed by atoms with Gasteiger partial charge >= 0.3 is 0 Å². The lowest BCUT2D eigenvalue weighted by Gasteiger charge is -2.11. The Bertz CT molecular complexity index is 567. The summed E-state index contributed by atoms with van der Waals surface area (Å²) in [6, 6.07) is 16.9. The normalized spacial score (nSPS) is 11.3. The van der Waals surface area contributed by atoms with Gasteiger partial charge < -0.3 is 4.90 Å². The number of hydrogen-bond donors (Lipinski definition) is 0. The number of benzene rings is 2. The minimum absolute atomic E-state index is 0. The molecular formula is C17H19ClFNS. The van der Waals surface area contributed by atoms with Crippen LogP contribution in [0.2, 0.25) is 0 Å². The summed E-state index contributed by atoms with van der Waals surface area (Å²) in [5.74, 6) is -0.203. The van der Waals surface area contributed by atoms with Crippen LogP contribution >= 0.6 is 24.2 Å². The van der Waals surface area contributed by atoms with E-state index in [0.717, 1.165) is 17.0 Å². The average Bonchev–Trinajstić information content (AvgIpc) is 2.45. The Morgan fingerprint density at radius 1 is 1.05 bits per heavy atom. The van der Waals surface area contributed by atoms with Crippen molar-refractivity contribution >= 4 is 29.1 Å². The summed E-state index contributed by atoms with van der Waals surface area (Å²) in [4.78, 5) is 4.43. The van der Waals surface area contributed by atoms with Gasteiger partial charge in [0.1, 0.15) is 5.82 Å². The maximum absolute atomic E-state index is 13.1. The quantitative estimate of drug-likeness (QED) is 0.717. The highest BCUT2D eigenvalue weighted by Crippen LogP contribution is 2.34. The summed E-state index contributed by atoms with van der Waals surface area (Å²) in [5.41, 5.74) is 1.04. The molecule has 112 valence electrons. The maximum Gasteiger partial charge on any atom is 0.123 e. The molecule has 2 aromatic carbocycles. The van der Waals surface area contributed by atoms with Crippen LogP contribution in [-0.2, 0) is 0 Å². The van der Waals surface area contributed by atoms with Gasteiger partial charge in [-0.25, -0.2) is 4.39 Å². The predicted octanol–water partition coefficient (Wildman–Crippen LogP) is 4.94. The molecule has 0 aliphatic heterocycles. The fourth-order valence-electron chi connectivity index (χ4n) is 1.71. The third kappa shape index (κ3) is 5.92. The Morgan fingerprint density at radius 2 is 1.67 bits per heavy atom. The number of nitrogens with zero attached hydrogens (tertiary/aromatic N) is 1. The van der Waals surface area contributed by atoms with Crippen LogP contribution in [0.5, 0.6) is 0 Å². The van der Waals surface area contributed by atoms with Gasteiger partial charge in [0.15, 0.2) is 0 Å². The third-order valence-electron chi connectivity index (χ3n) is 2.74. The van der Waals surface area contributed by atoms with E-state index in [0.29, 0.717) is 0 Å². The zero-order chi connectivity index (χ0) is 14.4. The standard InChI is InChI=1S/C17H18FNS.ClH/c1-19(2)13-12-17(14-8-10-15(18)11-9-14)20-16-6-4-3-5-7-16;/h3-12H,13H2,1-2H3;1H. The molecule has 0 saturated carbocycles. The highest BCUT2D eigenvalue weighted by Gasteiger charge is 2.05. The van der Waals surface area contributed by atoms with Crippen molar-refractivity contribution in [3.05, 3.63) is 72.1 Å². The van der Waals surface area contributed by atoms with Gasteiger partial charge in [-0.15, -0.1) is 12.4 Å². The average molecular weight is 324 g/mol. The summed E-state index contributed by atoms with van der Waals surface area (Å²) >= 11 is 1.70. The summed E-state index contributed by atoms with van der Waals surface area (Å²) < 4.78 is 13.1. The van der Waals surface area contributed by atoms with Crippen molar-refractivity contribution in [2.75, 3.05) is 20.6 Å². The van der Waals surface area contributed by atoms with Crippen molar-refractivity contribution in [2.24, 2.45) is 0 Å². The molecule has 1 nitrogen and oxygen atoms in total. The van der Waals surface area contributed by atoms with Gasteiger partial charge in [0.05, 0.1) is 0 Å². The van der Waals surface area contributed by atoms with E-state index in [9.17, 15) is 4.39 Å². The van der Waals surface area contributed by atoms with Crippen LogP contribution in [-0.4, -0.2) is 25.5 Å². The fourth-order valence-corrected chi connectivity index (χ4v) is 2.67. The Kier molecular flexibility index (Phi) is 7.51. The second-order valence-electron chi connectivity index (χ2n) is 4.75. The van der Waals surface area contributed by atoms with Crippen LogP contribution in [0.15, 0.2) is 65.6 Å². The van der Waals surface area contributed by atoms with Gasteiger partial charge in [-0.3, -0.25) is 0 Å². The lowest BCUT2D eigenvalue weighted by Crippen LogP contribution is -2.10. The molecule has 0 amide bonds. The number of likely N-dealkylation sites (N-methyl/N-ethyl adjacent to an activating group) is 1. The first kappa shape index (κ1) is 17.8. The van der Waals surface area contributed by atoms with E-state index in [4.69, 9.17) is 0 Å². The van der Waals surface area contributed by atoms with Crippen molar-refractivity contribution in [3.8, 4) is 0 Å². The van der Waals surface area contributed by atoms with Crippen molar-refractivity contribution in [1.29, 1.82) is 0 Å². The van der Waals surface area contributed by atoms with Crippen molar-refractivity contribution in [3.63, 3.8) is 0 Å². The molecule has 0 saturated heterocycles. The number of halogens is 2. The Labute approximate surface area is 136 Å². The van der Waals surface area contributed by atoms with Crippen LogP contribution in [0.25, 0.3) is 4.91 Å². The molecule has 0 atom stereocenters. The van der Waals surface area contributed by atoms with E-state index in [1.807, 2.05) is 44.4 Å².